The van der Waals surface area contributed by atoms with Crippen LogP contribution in [0.15, 0.2) is 24.3 Å². The molecule has 0 N–H and O–H groups in total. The fourth-order valence-corrected chi connectivity index (χ4v) is 2.66. The highest BCUT2D eigenvalue weighted by atomic mass is 35.5. The summed E-state index contributed by atoms with van der Waals surface area (Å²) in [5.41, 5.74) is 2.13. The van der Waals surface area contributed by atoms with E-state index in [1.54, 1.807) is 6.92 Å². The molecule has 0 heterocycles. The van der Waals surface area contributed by atoms with E-state index in [-0.39, 0.29) is 5.21 Å². The van der Waals surface area contributed by atoms with Gasteiger partial charge in [0.1, 0.15) is 5.21 Å². The highest BCUT2D eigenvalue weighted by Gasteiger charge is 2.18. The lowest BCUT2D eigenvalue weighted by Gasteiger charge is -2.18. The molecule has 0 saturated heterocycles. The maximum Gasteiger partial charge on any atom is 0.228 e. The molecule has 1 aromatic carbocycles. The van der Waals surface area contributed by atoms with Gasteiger partial charge in [-0.2, -0.15) is 4.31 Å². The van der Waals surface area contributed by atoms with E-state index in [1.165, 1.54) is 4.31 Å². The Labute approximate surface area is 102 Å². The number of benzene rings is 1. The number of halogens is 1. The summed E-state index contributed by atoms with van der Waals surface area (Å²) in [7, 11) is -3.32. The van der Waals surface area contributed by atoms with Crippen molar-refractivity contribution in [3.63, 3.8) is 0 Å². The SMILES string of the molecule is CCN(Cc1ccc(C)cc1)S(=O)(=O)CCl. The van der Waals surface area contributed by atoms with Gasteiger partial charge in [-0.1, -0.05) is 36.8 Å². The van der Waals surface area contributed by atoms with E-state index in [0.29, 0.717) is 13.1 Å². The summed E-state index contributed by atoms with van der Waals surface area (Å²) in [4.78, 5) is 0. The maximum absolute atomic E-state index is 11.6. The van der Waals surface area contributed by atoms with Gasteiger partial charge in [-0.25, -0.2) is 8.42 Å². The van der Waals surface area contributed by atoms with Crippen molar-refractivity contribution in [1.29, 1.82) is 0 Å². The van der Waals surface area contributed by atoms with Crippen molar-refractivity contribution in [2.24, 2.45) is 0 Å². The van der Waals surface area contributed by atoms with Crippen LogP contribution in [0.25, 0.3) is 0 Å². The number of alkyl halides is 1. The maximum atomic E-state index is 11.6. The molecule has 0 saturated carbocycles. The molecule has 0 unspecified atom stereocenters. The Balaban J connectivity index is 2.82. The molecule has 1 rings (SSSR count). The van der Waals surface area contributed by atoms with Crippen LogP contribution in [0.3, 0.4) is 0 Å². The molecule has 0 bridgehead atoms. The van der Waals surface area contributed by atoms with Gasteiger partial charge in [-0.3, -0.25) is 0 Å². The Morgan fingerprint density at radius 2 is 1.81 bits per heavy atom. The molecule has 0 aliphatic rings. The average Bonchev–Trinajstić information content (AvgIpc) is 2.28. The molecular formula is C11H16ClNO2S. The lowest BCUT2D eigenvalue weighted by molar-refractivity contribution is 0.426. The van der Waals surface area contributed by atoms with Crippen LogP contribution in [0.1, 0.15) is 18.1 Å². The lowest BCUT2D eigenvalue weighted by Crippen LogP contribution is -2.31. The summed E-state index contributed by atoms with van der Waals surface area (Å²) in [5.74, 6) is 0. The number of hydrogen-bond donors (Lipinski definition) is 0. The summed E-state index contributed by atoms with van der Waals surface area (Å²) in [6.07, 6.45) is 0. The molecule has 90 valence electrons. The summed E-state index contributed by atoms with van der Waals surface area (Å²) in [6, 6.07) is 7.80. The number of nitrogens with zero attached hydrogens (tertiary/aromatic N) is 1. The van der Waals surface area contributed by atoms with Crippen molar-refractivity contribution in [2.75, 3.05) is 11.8 Å². The zero-order chi connectivity index (χ0) is 12.2. The molecule has 0 radical (unpaired) electrons. The molecule has 16 heavy (non-hydrogen) atoms. The Morgan fingerprint density at radius 1 is 1.25 bits per heavy atom. The van der Waals surface area contributed by atoms with E-state index in [4.69, 9.17) is 11.6 Å². The number of rotatable bonds is 5. The van der Waals surface area contributed by atoms with E-state index >= 15 is 0 Å². The van der Waals surface area contributed by atoms with Gasteiger partial charge in [0.25, 0.3) is 0 Å². The molecule has 3 nitrogen and oxygen atoms in total. The third-order valence-corrected chi connectivity index (χ3v) is 4.64. The highest BCUT2D eigenvalue weighted by molar-refractivity contribution is 7.90. The van der Waals surface area contributed by atoms with Crippen LogP contribution in [0, 0.1) is 6.92 Å². The van der Waals surface area contributed by atoms with Gasteiger partial charge in [-0.15, -0.1) is 11.6 Å². The number of aryl methyl sites for hydroxylation is 1. The second kappa shape index (κ2) is 5.66. The lowest BCUT2D eigenvalue weighted by atomic mass is 10.1. The van der Waals surface area contributed by atoms with E-state index in [1.807, 2.05) is 31.2 Å². The Morgan fingerprint density at radius 3 is 2.25 bits per heavy atom. The van der Waals surface area contributed by atoms with Gasteiger partial charge in [0.15, 0.2) is 0 Å². The Kier molecular flexibility index (Phi) is 4.77. The fraction of sp³-hybridized carbons (Fsp3) is 0.455. The predicted molar refractivity (Wildman–Crippen MR) is 66.9 cm³/mol. The van der Waals surface area contributed by atoms with Crippen LogP contribution >= 0.6 is 11.6 Å². The molecule has 0 aromatic heterocycles. The van der Waals surface area contributed by atoms with E-state index in [9.17, 15) is 8.42 Å². The van der Waals surface area contributed by atoms with E-state index < -0.39 is 10.0 Å². The largest absolute Gasteiger partial charge is 0.228 e. The molecule has 1 aromatic rings. The third kappa shape index (κ3) is 3.47. The smallest absolute Gasteiger partial charge is 0.211 e. The molecule has 0 fully saturated rings. The van der Waals surface area contributed by atoms with Crippen molar-refractivity contribution >= 4 is 21.6 Å². The molecular weight excluding hydrogens is 246 g/mol. The van der Waals surface area contributed by atoms with E-state index in [0.717, 1.165) is 11.1 Å². The first-order chi connectivity index (χ1) is 7.49. The van der Waals surface area contributed by atoms with Crippen LogP contribution in [0.5, 0.6) is 0 Å². The van der Waals surface area contributed by atoms with Gasteiger partial charge in [0.05, 0.1) is 0 Å². The first-order valence-corrected chi connectivity index (χ1v) is 7.23. The van der Waals surface area contributed by atoms with Crippen LogP contribution in [0.4, 0.5) is 0 Å². The summed E-state index contributed by atoms with van der Waals surface area (Å²) in [6.45, 7) is 4.62. The van der Waals surface area contributed by atoms with Crippen molar-refractivity contribution in [2.45, 2.75) is 20.4 Å². The minimum absolute atomic E-state index is 0.368. The molecule has 0 spiro atoms. The first-order valence-electron chi connectivity index (χ1n) is 5.09. The third-order valence-electron chi connectivity index (χ3n) is 2.36. The van der Waals surface area contributed by atoms with Gasteiger partial charge < -0.3 is 0 Å². The van der Waals surface area contributed by atoms with E-state index in [2.05, 4.69) is 0 Å². The second-order valence-corrected chi connectivity index (χ2v) is 6.19. The zero-order valence-corrected chi connectivity index (χ0v) is 11.1. The normalized spacial score (nSPS) is 12.0. The molecule has 0 amide bonds. The van der Waals surface area contributed by atoms with Crippen molar-refractivity contribution < 1.29 is 8.42 Å². The number of sulfonamides is 1. The second-order valence-electron chi connectivity index (χ2n) is 3.63. The highest BCUT2D eigenvalue weighted by Crippen LogP contribution is 2.11. The summed E-state index contributed by atoms with van der Waals surface area (Å²) < 4.78 is 24.6. The van der Waals surface area contributed by atoms with Gasteiger partial charge in [-0.05, 0) is 12.5 Å². The molecule has 5 heteroatoms. The van der Waals surface area contributed by atoms with Gasteiger partial charge in [0, 0.05) is 13.1 Å². The van der Waals surface area contributed by atoms with Crippen LogP contribution in [-0.2, 0) is 16.6 Å². The van der Waals surface area contributed by atoms with Gasteiger partial charge >= 0.3 is 0 Å². The molecule has 0 atom stereocenters. The van der Waals surface area contributed by atoms with Crippen molar-refractivity contribution in [1.82, 2.24) is 4.31 Å². The monoisotopic (exact) mass is 261 g/mol. The fourth-order valence-electron chi connectivity index (χ4n) is 1.37. The minimum Gasteiger partial charge on any atom is -0.211 e. The van der Waals surface area contributed by atoms with Crippen LogP contribution in [0.2, 0.25) is 0 Å². The first kappa shape index (κ1) is 13.5. The number of hydrogen-bond acceptors (Lipinski definition) is 2. The van der Waals surface area contributed by atoms with Crippen molar-refractivity contribution in [3.8, 4) is 0 Å². The van der Waals surface area contributed by atoms with Crippen LogP contribution in [-0.4, -0.2) is 24.5 Å². The molecule has 0 aliphatic carbocycles. The van der Waals surface area contributed by atoms with Crippen LogP contribution < -0.4 is 0 Å². The molecule has 0 aliphatic heterocycles. The predicted octanol–water partition coefficient (Wildman–Crippen LogP) is 2.34. The summed E-state index contributed by atoms with van der Waals surface area (Å²) >= 11 is 5.43. The van der Waals surface area contributed by atoms with Crippen molar-refractivity contribution in [3.05, 3.63) is 35.4 Å². The Bertz CT molecular complexity index is 428. The zero-order valence-electron chi connectivity index (χ0n) is 9.48. The quantitative estimate of drug-likeness (QED) is 0.763. The topological polar surface area (TPSA) is 37.4 Å². The Hall–Kier alpha value is -0.580. The average molecular weight is 262 g/mol. The minimum atomic E-state index is -3.32. The standard InChI is InChI=1S/C11H16ClNO2S/c1-3-13(16(14,15)9-12)8-11-6-4-10(2)5-7-11/h4-7H,3,8-9H2,1-2H3. The summed E-state index contributed by atoms with van der Waals surface area (Å²) in [5, 5.41) is -0.368. The van der Waals surface area contributed by atoms with Gasteiger partial charge in [0.2, 0.25) is 10.0 Å².